The third kappa shape index (κ3) is 19.0. The van der Waals surface area contributed by atoms with Crippen molar-refractivity contribution < 1.29 is 24.2 Å². The van der Waals surface area contributed by atoms with Crippen LogP contribution in [0.4, 0.5) is 0 Å². The van der Waals surface area contributed by atoms with Gasteiger partial charge in [-0.05, 0) is 0 Å². The highest BCUT2D eigenvalue weighted by Gasteiger charge is 2.01. The minimum atomic E-state index is -0.0770. The number of furan rings is 2. The molecule has 2 aromatic rings. The van der Waals surface area contributed by atoms with Crippen LogP contribution in [0.3, 0.4) is 0 Å². The molecule has 30 heavy (non-hydrogen) atoms. The van der Waals surface area contributed by atoms with Crippen molar-refractivity contribution >= 4 is 124 Å². The highest BCUT2D eigenvalue weighted by Crippen LogP contribution is 2.13. The van der Waals surface area contributed by atoms with Crippen LogP contribution in [0.25, 0.3) is 0 Å². The quantitative estimate of drug-likeness (QED) is 0.425. The van der Waals surface area contributed by atoms with E-state index in [1.165, 1.54) is 30.3 Å². The predicted octanol–water partition coefficient (Wildman–Crippen LogP) is 3.33. The minimum Gasteiger partial charge on any atom is -0.472 e. The number of aliphatic hydroxyl groups is 3. The summed E-state index contributed by atoms with van der Waals surface area (Å²) in [7, 11) is 10.9. The largest absolute Gasteiger partial charge is 0.472 e. The Bertz CT molecular complexity index is 862. The molecule has 0 unspecified atom stereocenters. The van der Waals surface area contributed by atoms with Crippen LogP contribution in [0.5, 0.6) is 0 Å². The van der Waals surface area contributed by atoms with Crippen molar-refractivity contribution in [3.8, 4) is 0 Å². The Morgan fingerprint density at radius 2 is 1.00 bits per heavy atom. The Morgan fingerprint density at radius 3 is 1.27 bits per heavy atom. The van der Waals surface area contributed by atoms with Gasteiger partial charge < -0.3 is 24.2 Å². The summed E-state index contributed by atoms with van der Waals surface area (Å²) < 4.78 is 9.54. The van der Waals surface area contributed by atoms with Gasteiger partial charge in [-0.3, -0.25) is 0 Å². The molecule has 2 heterocycles. The third-order valence-electron chi connectivity index (χ3n) is 2.49. The first-order chi connectivity index (χ1) is 14.6. The van der Waals surface area contributed by atoms with Gasteiger partial charge in [0.05, 0.1) is 50.2 Å². The van der Waals surface area contributed by atoms with Crippen molar-refractivity contribution in [3.05, 3.63) is 47.3 Å². The lowest BCUT2D eigenvalue weighted by molar-refractivity contribution is 0.261. The highest BCUT2D eigenvalue weighted by atomic mass is 79.9. The van der Waals surface area contributed by atoms with E-state index in [4.69, 9.17) is 47.4 Å². The molecule has 3 N–H and O–H groups in total. The van der Waals surface area contributed by atoms with Gasteiger partial charge in [0, 0.05) is 112 Å². The van der Waals surface area contributed by atoms with Gasteiger partial charge in [-0.25, -0.2) is 0 Å². The zero-order valence-corrected chi connectivity index (χ0v) is 25.3. The first-order valence-corrected chi connectivity index (χ1v) is 20.0. The molecule has 17 heteroatoms. The van der Waals surface area contributed by atoms with Crippen molar-refractivity contribution in [3.63, 3.8) is 0 Å². The molecule has 0 saturated carbocycles. The smallest absolute Gasteiger partial charge is 0.0967 e. The summed E-state index contributed by atoms with van der Waals surface area (Å²) in [5, 5.41) is 26.7. The second-order valence-electron chi connectivity index (χ2n) is 4.03. The fraction of sp³-hybridized carbons (Fsp3) is 0.385. The van der Waals surface area contributed by atoms with Crippen molar-refractivity contribution in [2.45, 2.75) is 25.2 Å². The number of rotatable bonds is 4. The molecular formula is C13H17BrCl2O5S9. The molecule has 0 bridgehead atoms. The Hall–Kier alpha value is 1.48. The first kappa shape index (κ1) is 33.7. The Kier molecular flexibility index (Phi) is 30.0. The summed E-state index contributed by atoms with van der Waals surface area (Å²) in [5.41, 5.74) is 3.17. The molecule has 0 saturated heterocycles. The van der Waals surface area contributed by atoms with Gasteiger partial charge in [0.2, 0.25) is 0 Å². The van der Waals surface area contributed by atoms with Crippen molar-refractivity contribution in [1.29, 1.82) is 0 Å². The summed E-state index contributed by atoms with van der Waals surface area (Å²) >= 11 is 22.1. The molecule has 0 aliphatic rings. The molecule has 0 atom stereocenters. The summed E-state index contributed by atoms with van der Waals surface area (Å²) in [6.45, 7) is -0.101. The molecule has 0 aliphatic heterocycles. The minimum absolute atomic E-state index is 0.0530. The molecule has 0 aliphatic carbocycles. The molecule has 0 radical (unpaired) electrons. The normalized spacial score (nSPS) is 8.60. The van der Waals surface area contributed by atoms with Gasteiger partial charge in [-0.1, -0.05) is 15.9 Å². The lowest BCUT2D eigenvalue weighted by atomic mass is 10.2. The van der Waals surface area contributed by atoms with E-state index < -0.39 is 0 Å². The summed E-state index contributed by atoms with van der Waals surface area (Å²) in [5.74, 6) is 0. The van der Waals surface area contributed by atoms with E-state index in [0.717, 1.165) is 16.5 Å². The van der Waals surface area contributed by atoms with Gasteiger partial charge >= 0.3 is 0 Å². The lowest BCUT2D eigenvalue weighted by Crippen LogP contribution is -1.86. The molecule has 5 nitrogen and oxygen atoms in total. The maximum Gasteiger partial charge on any atom is 0.0967 e. The van der Waals surface area contributed by atoms with Crippen LogP contribution in [0.2, 0.25) is 0 Å². The third-order valence-corrected chi connectivity index (χ3v) is 16.4. The fourth-order valence-electron chi connectivity index (χ4n) is 1.29. The number of halogens is 3. The number of hydrogen-bond acceptors (Lipinski definition) is 7. The second kappa shape index (κ2) is 26.7. The molecular weight excluding hydrogens is 676 g/mol. The summed E-state index contributed by atoms with van der Waals surface area (Å²) in [6, 6.07) is 0. The standard InChI is InChI=1S/C6H7BrO2.C6H8O3.CH2Cl2.S9/c2*7-1-5-3-9-4-6(5)2-8;2-1-3;1-3-5-7-9-8-6-4-2/h3-4,8H,1-2H2;3-4,7-8H,1-2H2;1H2;. The predicted molar refractivity (Wildman–Crippen MR) is 151 cm³/mol. The van der Waals surface area contributed by atoms with E-state index in [1.807, 2.05) is 0 Å². The van der Waals surface area contributed by atoms with Crippen LogP contribution in [-0.2, 0) is 110 Å². The average molecular weight is 693 g/mol. The van der Waals surface area contributed by atoms with E-state index in [9.17, 15) is 0 Å². The molecule has 2 aromatic heterocycles. The molecule has 0 spiro atoms. The van der Waals surface area contributed by atoms with Crippen LogP contribution in [0.1, 0.15) is 22.3 Å². The highest BCUT2D eigenvalue weighted by molar-refractivity contribution is 9.08. The Balaban J connectivity index is 0. The van der Waals surface area contributed by atoms with E-state index in [0.29, 0.717) is 11.1 Å². The Labute approximate surface area is 223 Å². The van der Waals surface area contributed by atoms with Crippen LogP contribution < -0.4 is 0 Å². The van der Waals surface area contributed by atoms with Crippen molar-refractivity contribution in [2.75, 3.05) is 5.34 Å². The monoisotopic (exact) mass is 690 g/mol. The van der Waals surface area contributed by atoms with Crippen LogP contribution >= 0.6 is 39.1 Å². The summed E-state index contributed by atoms with van der Waals surface area (Å²) in [6.07, 6.45) is 6.02. The lowest BCUT2D eigenvalue weighted by Gasteiger charge is -1.90. The SMILES string of the molecule is ClCCl.OCc1cocc1CBr.OCc1cocc1CO.S=S=S=S=S=S=S=S=S. The topological polar surface area (TPSA) is 87.0 Å². The van der Waals surface area contributed by atoms with Gasteiger partial charge in [0.15, 0.2) is 0 Å². The van der Waals surface area contributed by atoms with E-state index in [1.54, 1.807) is 56.9 Å². The van der Waals surface area contributed by atoms with Gasteiger partial charge in [0.1, 0.15) is 0 Å². The zero-order valence-electron chi connectivity index (χ0n) is 14.8. The van der Waals surface area contributed by atoms with E-state index in [-0.39, 0.29) is 25.2 Å². The maximum atomic E-state index is 8.66. The van der Waals surface area contributed by atoms with Crippen molar-refractivity contribution in [2.24, 2.45) is 0 Å². The molecule has 174 valence electrons. The second-order valence-corrected chi connectivity index (χ2v) is 17.8. The van der Waals surface area contributed by atoms with E-state index >= 15 is 0 Å². The average Bonchev–Trinajstić information content (AvgIpc) is 3.43. The summed E-state index contributed by atoms with van der Waals surface area (Å²) in [4.78, 5) is 0. The van der Waals surface area contributed by atoms with Gasteiger partial charge in [-0.15, -0.1) is 23.2 Å². The van der Waals surface area contributed by atoms with Crippen molar-refractivity contribution in [1.82, 2.24) is 0 Å². The first-order valence-electron chi connectivity index (χ1n) is 7.10. The zero-order chi connectivity index (χ0) is 23.0. The van der Waals surface area contributed by atoms with Gasteiger partial charge in [0.25, 0.3) is 0 Å². The van der Waals surface area contributed by atoms with Crippen LogP contribution in [0, 0.1) is 0 Å². The van der Waals surface area contributed by atoms with Crippen LogP contribution in [0.15, 0.2) is 33.9 Å². The fourth-order valence-corrected chi connectivity index (χ4v) is 15.5. The molecule has 2 rings (SSSR count). The Morgan fingerprint density at radius 1 is 0.700 bits per heavy atom. The van der Waals surface area contributed by atoms with E-state index in [2.05, 4.69) is 38.3 Å². The maximum absolute atomic E-state index is 8.66. The van der Waals surface area contributed by atoms with Gasteiger partial charge in [-0.2, -0.15) is 0 Å². The molecule has 0 aromatic carbocycles. The van der Waals surface area contributed by atoms with Crippen LogP contribution in [-0.4, -0.2) is 20.7 Å². The number of alkyl halides is 3. The number of hydrogen-bond donors (Lipinski definition) is 3. The molecule has 0 amide bonds. The number of aliphatic hydroxyl groups excluding tert-OH is 3. The molecule has 0 fully saturated rings.